The molecule has 2 heterocycles. The van der Waals surface area contributed by atoms with Crippen LogP contribution in [0, 0.1) is 5.82 Å². The maximum atomic E-state index is 12.6. The molecule has 0 saturated heterocycles. The SMILES string of the molecule is O=C1CCNc2cc(F)cnc21. The van der Waals surface area contributed by atoms with Crippen LogP contribution in [0.4, 0.5) is 10.1 Å². The van der Waals surface area contributed by atoms with Gasteiger partial charge in [0.15, 0.2) is 5.78 Å². The first-order valence-corrected chi connectivity index (χ1v) is 3.70. The zero-order valence-electron chi connectivity index (χ0n) is 6.30. The van der Waals surface area contributed by atoms with Crippen LogP contribution in [0.2, 0.25) is 0 Å². The fraction of sp³-hybridized carbons (Fsp3) is 0.250. The molecule has 0 atom stereocenters. The number of Topliss-reactive ketones (excluding diaryl/α,β-unsaturated/α-hetero) is 1. The van der Waals surface area contributed by atoms with E-state index >= 15 is 0 Å². The van der Waals surface area contributed by atoms with E-state index in [4.69, 9.17) is 0 Å². The molecular weight excluding hydrogens is 159 g/mol. The van der Waals surface area contributed by atoms with E-state index in [9.17, 15) is 9.18 Å². The minimum Gasteiger partial charge on any atom is -0.383 e. The van der Waals surface area contributed by atoms with Crippen molar-refractivity contribution in [3.63, 3.8) is 0 Å². The molecule has 1 aliphatic heterocycles. The highest BCUT2D eigenvalue weighted by molar-refractivity contribution is 6.01. The molecule has 0 unspecified atom stereocenters. The Morgan fingerprint density at radius 1 is 1.58 bits per heavy atom. The molecule has 4 heteroatoms. The van der Waals surface area contributed by atoms with Crippen molar-refractivity contribution >= 4 is 11.5 Å². The van der Waals surface area contributed by atoms with Gasteiger partial charge in [0.25, 0.3) is 0 Å². The molecule has 1 aromatic rings. The maximum Gasteiger partial charge on any atom is 0.185 e. The summed E-state index contributed by atoms with van der Waals surface area (Å²) in [6.07, 6.45) is 1.50. The molecule has 0 amide bonds. The molecule has 0 aliphatic carbocycles. The standard InChI is InChI=1S/C8H7FN2O/c9-5-3-6-8(11-4-5)7(12)1-2-10-6/h3-4,10H,1-2H2. The molecule has 0 saturated carbocycles. The summed E-state index contributed by atoms with van der Waals surface area (Å²) in [6, 6.07) is 1.29. The number of halogens is 1. The van der Waals surface area contributed by atoms with Crippen LogP contribution in [0.1, 0.15) is 16.9 Å². The third kappa shape index (κ3) is 1.05. The first-order valence-electron chi connectivity index (χ1n) is 3.70. The summed E-state index contributed by atoms with van der Waals surface area (Å²) in [5.41, 5.74) is 0.855. The topological polar surface area (TPSA) is 42.0 Å². The van der Waals surface area contributed by atoms with Gasteiger partial charge in [-0.2, -0.15) is 0 Å². The molecule has 3 nitrogen and oxygen atoms in total. The molecule has 0 radical (unpaired) electrons. The molecule has 1 aliphatic rings. The van der Waals surface area contributed by atoms with Crippen LogP contribution >= 0.6 is 0 Å². The number of hydrogen-bond acceptors (Lipinski definition) is 3. The summed E-state index contributed by atoms with van der Waals surface area (Å²) >= 11 is 0. The van der Waals surface area contributed by atoms with Gasteiger partial charge in [-0.25, -0.2) is 9.37 Å². The molecule has 0 fully saturated rings. The number of rotatable bonds is 0. The molecule has 1 N–H and O–H groups in total. The minimum absolute atomic E-state index is 0.0243. The van der Waals surface area contributed by atoms with Crippen LogP contribution in [-0.2, 0) is 0 Å². The summed E-state index contributed by atoms with van der Waals surface area (Å²) in [7, 11) is 0. The molecule has 12 heavy (non-hydrogen) atoms. The highest BCUT2D eigenvalue weighted by Crippen LogP contribution is 2.19. The normalized spacial score (nSPS) is 15.2. The third-order valence-corrected chi connectivity index (χ3v) is 1.79. The van der Waals surface area contributed by atoms with Crippen LogP contribution in [0.5, 0.6) is 0 Å². The van der Waals surface area contributed by atoms with Gasteiger partial charge in [0, 0.05) is 19.0 Å². The van der Waals surface area contributed by atoms with E-state index in [-0.39, 0.29) is 5.78 Å². The number of carbonyl (C=O) groups excluding carboxylic acids is 1. The van der Waals surface area contributed by atoms with Gasteiger partial charge >= 0.3 is 0 Å². The molecule has 2 rings (SSSR count). The molecule has 62 valence electrons. The Kier molecular flexibility index (Phi) is 1.53. The number of fused-ring (bicyclic) bond motifs is 1. The van der Waals surface area contributed by atoms with Gasteiger partial charge in [0.05, 0.1) is 11.9 Å². The van der Waals surface area contributed by atoms with Gasteiger partial charge < -0.3 is 5.32 Å². The molecule has 0 spiro atoms. The van der Waals surface area contributed by atoms with Crippen molar-refractivity contribution in [1.29, 1.82) is 0 Å². The highest BCUT2D eigenvalue weighted by Gasteiger charge is 2.17. The van der Waals surface area contributed by atoms with Crippen molar-refractivity contribution in [2.45, 2.75) is 6.42 Å². The fourth-order valence-electron chi connectivity index (χ4n) is 1.23. The van der Waals surface area contributed by atoms with E-state index in [1.54, 1.807) is 0 Å². The first kappa shape index (κ1) is 7.21. The van der Waals surface area contributed by atoms with E-state index in [0.29, 0.717) is 24.3 Å². The third-order valence-electron chi connectivity index (χ3n) is 1.79. The average Bonchev–Trinajstić information content (AvgIpc) is 2.04. The second-order valence-corrected chi connectivity index (χ2v) is 2.65. The minimum atomic E-state index is -0.420. The predicted octanol–water partition coefficient (Wildman–Crippen LogP) is 1.22. The van der Waals surface area contributed by atoms with Crippen LogP contribution in [0.15, 0.2) is 12.3 Å². The van der Waals surface area contributed by atoms with Crippen LogP contribution in [0.25, 0.3) is 0 Å². The van der Waals surface area contributed by atoms with E-state index in [1.807, 2.05) is 0 Å². The largest absolute Gasteiger partial charge is 0.383 e. The number of nitrogens with one attached hydrogen (secondary N) is 1. The van der Waals surface area contributed by atoms with Crippen LogP contribution in [0.3, 0.4) is 0 Å². The summed E-state index contributed by atoms with van der Waals surface area (Å²) in [5.74, 6) is -0.445. The molecule has 1 aromatic heterocycles. The number of ketones is 1. The number of anilines is 1. The van der Waals surface area contributed by atoms with Gasteiger partial charge in [-0.3, -0.25) is 4.79 Å². The van der Waals surface area contributed by atoms with Gasteiger partial charge in [-0.15, -0.1) is 0 Å². The monoisotopic (exact) mass is 166 g/mol. The Hall–Kier alpha value is -1.45. The molecular formula is C8H7FN2O. The Balaban J connectivity index is 2.53. The van der Waals surface area contributed by atoms with E-state index in [2.05, 4.69) is 10.3 Å². The van der Waals surface area contributed by atoms with Crippen LogP contribution < -0.4 is 5.32 Å². The zero-order chi connectivity index (χ0) is 8.55. The van der Waals surface area contributed by atoms with Gasteiger partial charge in [0.1, 0.15) is 11.5 Å². The number of pyridine rings is 1. The van der Waals surface area contributed by atoms with E-state index in [1.165, 1.54) is 6.07 Å². The smallest absolute Gasteiger partial charge is 0.185 e. The lowest BCUT2D eigenvalue weighted by Crippen LogP contribution is -2.19. The summed E-state index contributed by atoms with van der Waals surface area (Å²) in [4.78, 5) is 14.9. The van der Waals surface area contributed by atoms with Crippen molar-refractivity contribution in [2.75, 3.05) is 11.9 Å². The highest BCUT2D eigenvalue weighted by atomic mass is 19.1. The number of aromatic nitrogens is 1. The Morgan fingerprint density at radius 3 is 3.25 bits per heavy atom. The van der Waals surface area contributed by atoms with Gasteiger partial charge in [-0.1, -0.05) is 0 Å². The predicted molar refractivity (Wildman–Crippen MR) is 41.6 cm³/mol. The summed E-state index contributed by atoms with van der Waals surface area (Å²) in [6.45, 7) is 0.566. The van der Waals surface area contributed by atoms with Crippen molar-refractivity contribution in [3.05, 3.63) is 23.8 Å². The van der Waals surface area contributed by atoms with Crippen molar-refractivity contribution in [3.8, 4) is 0 Å². The van der Waals surface area contributed by atoms with Gasteiger partial charge in [0.2, 0.25) is 0 Å². The Labute approximate surface area is 68.6 Å². The lowest BCUT2D eigenvalue weighted by molar-refractivity contribution is 0.0979. The average molecular weight is 166 g/mol. The second-order valence-electron chi connectivity index (χ2n) is 2.65. The molecule has 0 aromatic carbocycles. The lowest BCUT2D eigenvalue weighted by Gasteiger charge is -2.14. The van der Waals surface area contributed by atoms with Crippen molar-refractivity contribution in [1.82, 2.24) is 4.98 Å². The maximum absolute atomic E-state index is 12.6. The van der Waals surface area contributed by atoms with Crippen LogP contribution in [-0.4, -0.2) is 17.3 Å². The first-order chi connectivity index (χ1) is 5.77. The second kappa shape index (κ2) is 2.55. The number of hydrogen-bond donors (Lipinski definition) is 1. The summed E-state index contributed by atoms with van der Waals surface area (Å²) in [5, 5.41) is 2.91. The van der Waals surface area contributed by atoms with Gasteiger partial charge in [-0.05, 0) is 0 Å². The quantitative estimate of drug-likeness (QED) is 0.630. The lowest BCUT2D eigenvalue weighted by atomic mass is 10.1. The fourth-order valence-corrected chi connectivity index (χ4v) is 1.23. The Bertz CT molecular complexity index is 338. The molecule has 0 bridgehead atoms. The van der Waals surface area contributed by atoms with Crippen molar-refractivity contribution in [2.24, 2.45) is 0 Å². The van der Waals surface area contributed by atoms with Crippen molar-refractivity contribution < 1.29 is 9.18 Å². The Morgan fingerprint density at radius 2 is 2.42 bits per heavy atom. The summed E-state index contributed by atoms with van der Waals surface area (Å²) < 4.78 is 12.6. The van der Waals surface area contributed by atoms with E-state index in [0.717, 1.165) is 6.20 Å². The number of nitrogens with zero attached hydrogens (tertiary/aromatic N) is 1. The zero-order valence-corrected chi connectivity index (χ0v) is 6.30. The number of carbonyl (C=O) groups is 1. The van der Waals surface area contributed by atoms with E-state index < -0.39 is 5.82 Å².